The predicted molar refractivity (Wildman–Crippen MR) is 77.5 cm³/mol. The number of para-hydroxylation sites is 1. The zero-order valence-corrected chi connectivity index (χ0v) is 11.3. The smallest absolute Gasteiger partial charge is 0.253 e. The molecule has 1 unspecified atom stereocenters. The van der Waals surface area contributed by atoms with Crippen LogP contribution in [0.5, 0.6) is 0 Å². The van der Waals surface area contributed by atoms with Crippen LogP contribution in [0.2, 0.25) is 0 Å². The zero-order chi connectivity index (χ0) is 13.8. The van der Waals surface area contributed by atoms with Gasteiger partial charge in [-0.15, -0.1) is 0 Å². The summed E-state index contributed by atoms with van der Waals surface area (Å²) in [7, 11) is 0. The summed E-state index contributed by atoms with van der Waals surface area (Å²) in [6, 6.07) is 5.50. The molecule has 1 atom stereocenters. The highest BCUT2D eigenvalue weighted by Crippen LogP contribution is 2.14. The molecule has 3 rings (SSSR count). The number of nitrogens with one attached hydrogen (secondary N) is 2. The molecule has 1 amide bonds. The first kappa shape index (κ1) is 13.0. The molecule has 1 aliphatic heterocycles. The Hall–Kier alpha value is -2.01. The van der Waals surface area contributed by atoms with Crippen molar-refractivity contribution in [2.75, 3.05) is 19.6 Å². The monoisotopic (exact) mass is 270 g/mol. The van der Waals surface area contributed by atoms with Gasteiger partial charge >= 0.3 is 0 Å². The van der Waals surface area contributed by atoms with Crippen molar-refractivity contribution in [1.82, 2.24) is 20.6 Å². The van der Waals surface area contributed by atoms with Gasteiger partial charge in [0.05, 0.1) is 11.1 Å². The van der Waals surface area contributed by atoms with Crippen molar-refractivity contribution in [2.24, 2.45) is 5.92 Å². The lowest BCUT2D eigenvalue weighted by atomic mass is 10.1. The summed E-state index contributed by atoms with van der Waals surface area (Å²) in [6.45, 7) is 2.87. The first-order valence-corrected chi connectivity index (χ1v) is 7.03. The van der Waals surface area contributed by atoms with E-state index in [2.05, 4.69) is 20.6 Å². The quantitative estimate of drug-likeness (QED) is 0.880. The lowest BCUT2D eigenvalue weighted by molar-refractivity contribution is 0.0953. The van der Waals surface area contributed by atoms with Crippen LogP contribution in [0.1, 0.15) is 23.2 Å². The number of benzene rings is 1. The minimum Gasteiger partial charge on any atom is -0.352 e. The maximum Gasteiger partial charge on any atom is 0.253 e. The summed E-state index contributed by atoms with van der Waals surface area (Å²) >= 11 is 0. The van der Waals surface area contributed by atoms with Crippen LogP contribution in [0, 0.1) is 5.92 Å². The fourth-order valence-electron chi connectivity index (χ4n) is 2.62. The standard InChI is InChI=1S/C15H18N4O/c20-15(19-7-5-11-4-6-16-10-11)12-2-1-3-13-14(12)18-9-8-17-13/h1-3,8-9,11,16H,4-7,10H2,(H,19,20). The van der Waals surface area contributed by atoms with E-state index >= 15 is 0 Å². The Labute approximate surface area is 117 Å². The average molecular weight is 270 g/mol. The maximum absolute atomic E-state index is 12.2. The fraction of sp³-hybridized carbons (Fsp3) is 0.400. The number of rotatable bonds is 4. The van der Waals surface area contributed by atoms with Crippen LogP contribution in [0.4, 0.5) is 0 Å². The summed E-state index contributed by atoms with van der Waals surface area (Å²) in [5, 5.41) is 6.32. The summed E-state index contributed by atoms with van der Waals surface area (Å²) in [5.74, 6) is 0.615. The van der Waals surface area contributed by atoms with E-state index in [4.69, 9.17) is 0 Å². The molecule has 1 fully saturated rings. The lowest BCUT2D eigenvalue weighted by Crippen LogP contribution is -2.26. The molecule has 0 spiro atoms. The molecule has 1 aliphatic rings. The van der Waals surface area contributed by atoms with Crippen LogP contribution in [0.3, 0.4) is 0 Å². The van der Waals surface area contributed by atoms with E-state index in [1.165, 1.54) is 6.42 Å². The normalized spacial score (nSPS) is 18.3. The van der Waals surface area contributed by atoms with Crippen LogP contribution < -0.4 is 10.6 Å². The highest BCUT2D eigenvalue weighted by atomic mass is 16.1. The van der Waals surface area contributed by atoms with Crippen LogP contribution in [-0.2, 0) is 0 Å². The van der Waals surface area contributed by atoms with Gasteiger partial charge in [-0.05, 0) is 44.0 Å². The molecule has 104 valence electrons. The summed E-state index contributed by atoms with van der Waals surface area (Å²) in [4.78, 5) is 20.7. The van der Waals surface area contributed by atoms with Crippen molar-refractivity contribution in [3.05, 3.63) is 36.2 Å². The van der Waals surface area contributed by atoms with Crippen molar-refractivity contribution in [3.63, 3.8) is 0 Å². The maximum atomic E-state index is 12.2. The molecule has 5 nitrogen and oxygen atoms in total. The molecule has 1 aromatic carbocycles. The minimum atomic E-state index is -0.0675. The van der Waals surface area contributed by atoms with E-state index in [0.717, 1.165) is 25.0 Å². The second kappa shape index (κ2) is 5.96. The molecule has 5 heteroatoms. The predicted octanol–water partition coefficient (Wildman–Crippen LogP) is 1.36. The van der Waals surface area contributed by atoms with Crippen molar-refractivity contribution in [3.8, 4) is 0 Å². The Balaban J connectivity index is 1.66. The van der Waals surface area contributed by atoms with Crippen LogP contribution >= 0.6 is 0 Å². The Morgan fingerprint density at radius 2 is 2.25 bits per heavy atom. The van der Waals surface area contributed by atoms with Gasteiger partial charge in [0, 0.05) is 18.9 Å². The molecule has 20 heavy (non-hydrogen) atoms. The third-order valence-corrected chi connectivity index (χ3v) is 3.74. The molecule has 2 N–H and O–H groups in total. The molecule has 0 radical (unpaired) electrons. The highest BCUT2D eigenvalue weighted by molar-refractivity contribution is 6.04. The molecule has 0 saturated carbocycles. The Kier molecular flexibility index (Phi) is 3.87. The molecule has 0 aliphatic carbocycles. The number of amides is 1. The Bertz CT molecular complexity index is 602. The lowest BCUT2D eigenvalue weighted by Gasteiger charge is -2.10. The van der Waals surface area contributed by atoms with Gasteiger partial charge in [-0.1, -0.05) is 6.07 Å². The number of hydrogen-bond acceptors (Lipinski definition) is 4. The number of nitrogens with zero attached hydrogens (tertiary/aromatic N) is 2. The van der Waals surface area contributed by atoms with Gasteiger partial charge in [-0.3, -0.25) is 14.8 Å². The van der Waals surface area contributed by atoms with Gasteiger partial charge in [0.15, 0.2) is 0 Å². The molecular weight excluding hydrogens is 252 g/mol. The van der Waals surface area contributed by atoms with E-state index < -0.39 is 0 Å². The van der Waals surface area contributed by atoms with Gasteiger partial charge in [-0.2, -0.15) is 0 Å². The van der Waals surface area contributed by atoms with Gasteiger partial charge < -0.3 is 10.6 Å². The topological polar surface area (TPSA) is 66.9 Å². The van der Waals surface area contributed by atoms with Crippen LogP contribution in [0.25, 0.3) is 11.0 Å². The van der Waals surface area contributed by atoms with E-state index in [0.29, 0.717) is 23.5 Å². The van der Waals surface area contributed by atoms with Crippen LogP contribution in [-0.4, -0.2) is 35.5 Å². The third kappa shape index (κ3) is 2.77. The number of aromatic nitrogens is 2. The van der Waals surface area contributed by atoms with E-state index in [1.54, 1.807) is 18.5 Å². The number of carbonyl (C=O) groups is 1. The van der Waals surface area contributed by atoms with Gasteiger partial charge in [0.2, 0.25) is 0 Å². The fourth-order valence-corrected chi connectivity index (χ4v) is 2.62. The van der Waals surface area contributed by atoms with Crippen molar-refractivity contribution >= 4 is 16.9 Å². The SMILES string of the molecule is O=C(NCCC1CCNC1)c1cccc2nccnc12. The molecule has 1 saturated heterocycles. The van der Waals surface area contributed by atoms with Crippen molar-refractivity contribution in [1.29, 1.82) is 0 Å². The van der Waals surface area contributed by atoms with Gasteiger partial charge in [0.25, 0.3) is 5.91 Å². The second-order valence-corrected chi connectivity index (χ2v) is 5.13. The molecule has 2 aromatic rings. The van der Waals surface area contributed by atoms with E-state index in [-0.39, 0.29) is 5.91 Å². The number of fused-ring (bicyclic) bond motifs is 1. The second-order valence-electron chi connectivity index (χ2n) is 5.13. The van der Waals surface area contributed by atoms with Crippen molar-refractivity contribution < 1.29 is 4.79 Å². The average Bonchev–Trinajstić information content (AvgIpc) is 3.00. The first-order valence-electron chi connectivity index (χ1n) is 7.03. The van der Waals surface area contributed by atoms with E-state index in [1.807, 2.05) is 12.1 Å². The molecule has 0 bridgehead atoms. The van der Waals surface area contributed by atoms with E-state index in [9.17, 15) is 4.79 Å². The third-order valence-electron chi connectivity index (χ3n) is 3.74. The summed E-state index contributed by atoms with van der Waals surface area (Å²) < 4.78 is 0. The molecule has 1 aromatic heterocycles. The van der Waals surface area contributed by atoms with Crippen molar-refractivity contribution in [2.45, 2.75) is 12.8 Å². The number of hydrogen-bond donors (Lipinski definition) is 2. The van der Waals surface area contributed by atoms with Gasteiger partial charge in [-0.25, -0.2) is 0 Å². The summed E-state index contributed by atoms with van der Waals surface area (Å²) in [5.41, 5.74) is 2.01. The molecule has 2 heterocycles. The highest BCUT2D eigenvalue weighted by Gasteiger charge is 2.15. The molecular formula is C15H18N4O. The minimum absolute atomic E-state index is 0.0675. The Morgan fingerprint density at radius 1 is 1.35 bits per heavy atom. The first-order chi connectivity index (χ1) is 9.84. The van der Waals surface area contributed by atoms with Crippen LogP contribution in [0.15, 0.2) is 30.6 Å². The number of carbonyl (C=O) groups excluding carboxylic acids is 1. The Morgan fingerprint density at radius 3 is 3.10 bits per heavy atom. The summed E-state index contributed by atoms with van der Waals surface area (Å²) in [6.07, 6.45) is 5.48. The zero-order valence-electron chi connectivity index (χ0n) is 11.3. The largest absolute Gasteiger partial charge is 0.352 e. The van der Waals surface area contributed by atoms with Gasteiger partial charge in [0.1, 0.15) is 5.52 Å².